The number of aliphatic hydroxyl groups excluding tert-OH is 1. The Hall–Kier alpha value is -1.94. The second kappa shape index (κ2) is 61.6. The van der Waals surface area contributed by atoms with Gasteiger partial charge in [-0.1, -0.05) is 306 Å². The lowest BCUT2D eigenvalue weighted by molar-refractivity contribution is -0.161. The van der Waals surface area contributed by atoms with Crippen molar-refractivity contribution < 1.29 is 80.2 Å². The van der Waals surface area contributed by atoms with E-state index >= 15 is 0 Å². The Balaban J connectivity index is 5.26. The normalized spacial score (nSPS) is 14.5. The van der Waals surface area contributed by atoms with Gasteiger partial charge < -0.3 is 33.8 Å². The molecule has 3 N–H and O–H groups in total. The standard InChI is InChI=1S/C72H140O17P2/c1-9-65(8)51-43-35-30-31-37-45-53-70(75)83-59-68(89-72(77)55-47-39-29-21-17-13-11-15-19-25-33-41-49-63(4)5)61-87-91(80,81)85-57-66(73)56-84-90(78,79)86-60-67(58-82-69(74)52-44-36-27-23-22-26-34-42-50-64(6)7)88-71(76)54-46-38-28-20-16-12-10-14-18-24-32-40-48-62(2)3/h62-68,73H,9-61H2,1-8H3,(H,78,79)(H,80,81)/t65?,66-,67-,68-/m1/s1. The van der Waals surface area contributed by atoms with Crippen molar-refractivity contribution in [3.63, 3.8) is 0 Å². The van der Waals surface area contributed by atoms with E-state index < -0.39 is 97.5 Å². The zero-order valence-corrected chi connectivity index (χ0v) is 61.3. The van der Waals surface area contributed by atoms with Gasteiger partial charge in [0, 0.05) is 25.7 Å². The fraction of sp³-hybridized carbons (Fsp3) is 0.944. The van der Waals surface area contributed by atoms with Crippen LogP contribution < -0.4 is 0 Å². The lowest BCUT2D eigenvalue weighted by Crippen LogP contribution is -2.30. The van der Waals surface area contributed by atoms with Crippen molar-refractivity contribution in [1.29, 1.82) is 0 Å². The lowest BCUT2D eigenvalue weighted by Gasteiger charge is -2.21. The number of ether oxygens (including phenoxy) is 4. The predicted octanol–water partition coefficient (Wildman–Crippen LogP) is 20.5. The third-order valence-corrected chi connectivity index (χ3v) is 18.8. The van der Waals surface area contributed by atoms with E-state index in [-0.39, 0.29) is 25.7 Å². The van der Waals surface area contributed by atoms with Crippen molar-refractivity contribution in [3.05, 3.63) is 0 Å². The van der Waals surface area contributed by atoms with Gasteiger partial charge in [0.2, 0.25) is 0 Å². The number of rotatable bonds is 69. The van der Waals surface area contributed by atoms with Gasteiger partial charge in [0.05, 0.1) is 26.4 Å². The summed E-state index contributed by atoms with van der Waals surface area (Å²) in [4.78, 5) is 72.6. The van der Waals surface area contributed by atoms with Crippen molar-refractivity contribution in [1.82, 2.24) is 0 Å². The van der Waals surface area contributed by atoms with E-state index in [0.717, 1.165) is 120 Å². The van der Waals surface area contributed by atoms with Crippen LogP contribution in [-0.2, 0) is 65.4 Å². The Morgan fingerprint density at radius 2 is 0.527 bits per heavy atom. The highest BCUT2D eigenvalue weighted by atomic mass is 31.2. The molecule has 0 bridgehead atoms. The molecule has 0 aliphatic rings. The van der Waals surface area contributed by atoms with E-state index in [1.807, 2.05) is 0 Å². The molecule has 0 aromatic carbocycles. The quantitative estimate of drug-likeness (QED) is 0.0222. The molecule has 3 unspecified atom stereocenters. The minimum Gasteiger partial charge on any atom is -0.462 e. The number of esters is 4. The van der Waals surface area contributed by atoms with Crippen LogP contribution in [0.2, 0.25) is 0 Å². The largest absolute Gasteiger partial charge is 0.472 e. The van der Waals surface area contributed by atoms with Gasteiger partial charge in [-0.05, 0) is 49.4 Å². The van der Waals surface area contributed by atoms with Crippen LogP contribution in [0.25, 0.3) is 0 Å². The smallest absolute Gasteiger partial charge is 0.462 e. The van der Waals surface area contributed by atoms with Gasteiger partial charge in [-0.3, -0.25) is 37.3 Å². The molecule has 17 nitrogen and oxygen atoms in total. The molecule has 0 saturated carbocycles. The highest BCUT2D eigenvalue weighted by Crippen LogP contribution is 2.45. The molecule has 0 heterocycles. The molecule has 0 radical (unpaired) electrons. The van der Waals surface area contributed by atoms with Crippen molar-refractivity contribution in [3.8, 4) is 0 Å². The fourth-order valence-corrected chi connectivity index (χ4v) is 12.4. The predicted molar refractivity (Wildman–Crippen MR) is 367 cm³/mol. The number of phosphoric ester groups is 2. The first-order valence-corrected chi connectivity index (χ1v) is 40.2. The van der Waals surface area contributed by atoms with Crippen LogP contribution >= 0.6 is 15.6 Å². The van der Waals surface area contributed by atoms with E-state index in [2.05, 4.69) is 55.4 Å². The first-order valence-electron chi connectivity index (χ1n) is 37.2. The number of hydrogen-bond donors (Lipinski definition) is 3. The van der Waals surface area contributed by atoms with Crippen LogP contribution in [0.4, 0.5) is 0 Å². The molecule has 540 valence electrons. The number of phosphoric acid groups is 2. The van der Waals surface area contributed by atoms with Gasteiger partial charge in [-0.15, -0.1) is 0 Å². The molecule has 0 aliphatic carbocycles. The Morgan fingerprint density at radius 3 is 0.780 bits per heavy atom. The molecule has 0 aliphatic heterocycles. The van der Waals surface area contributed by atoms with E-state index in [1.54, 1.807) is 0 Å². The molecule has 0 aromatic heterocycles. The first kappa shape index (κ1) is 89.1. The van der Waals surface area contributed by atoms with Gasteiger partial charge in [-0.25, -0.2) is 9.13 Å². The van der Waals surface area contributed by atoms with Gasteiger partial charge >= 0.3 is 39.5 Å². The average Bonchev–Trinajstić information content (AvgIpc) is 2.65. The zero-order valence-electron chi connectivity index (χ0n) is 59.5. The van der Waals surface area contributed by atoms with Crippen LogP contribution in [0.3, 0.4) is 0 Å². The van der Waals surface area contributed by atoms with Gasteiger partial charge in [0.15, 0.2) is 12.2 Å². The molecule has 0 aromatic rings. The number of carbonyl (C=O) groups is 4. The van der Waals surface area contributed by atoms with Crippen LogP contribution in [-0.4, -0.2) is 96.7 Å². The fourth-order valence-electron chi connectivity index (χ4n) is 10.8. The molecule has 0 rings (SSSR count). The number of hydrogen-bond acceptors (Lipinski definition) is 15. The second-order valence-corrected chi connectivity index (χ2v) is 30.6. The summed E-state index contributed by atoms with van der Waals surface area (Å²) in [5.74, 6) is 0.883. The summed E-state index contributed by atoms with van der Waals surface area (Å²) >= 11 is 0. The summed E-state index contributed by atoms with van der Waals surface area (Å²) in [5.41, 5.74) is 0. The number of carbonyl (C=O) groups excluding carboxylic acids is 4. The maximum Gasteiger partial charge on any atom is 0.472 e. The van der Waals surface area contributed by atoms with Crippen LogP contribution in [0.1, 0.15) is 357 Å². The van der Waals surface area contributed by atoms with Gasteiger partial charge in [-0.2, -0.15) is 0 Å². The molecule has 0 amide bonds. The maximum absolute atomic E-state index is 13.0. The third kappa shape index (κ3) is 65.1. The molecule has 0 fully saturated rings. The topological polar surface area (TPSA) is 237 Å². The first-order chi connectivity index (χ1) is 43.6. The SMILES string of the molecule is CCC(C)CCCCCCCCC(=O)OC[C@H](COP(=O)(O)OC[C@H](O)COP(=O)(O)OC[C@@H](COC(=O)CCCCCCCCCCC(C)C)OC(=O)CCCCCCCCCCCCCCC(C)C)OC(=O)CCCCCCCCCCCCCCC(C)C. The van der Waals surface area contributed by atoms with Gasteiger partial charge in [0.25, 0.3) is 0 Å². The number of unbranched alkanes of at least 4 members (excludes halogenated alkanes) is 34. The molecule has 91 heavy (non-hydrogen) atoms. The van der Waals surface area contributed by atoms with E-state index in [0.29, 0.717) is 25.7 Å². The summed E-state index contributed by atoms with van der Waals surface area (Å²) in [6, 6.07) is 0. The zero-order chi connectivity index (χ0) is 67.5. The van der Waals surface area contributed by atoms with Gasteiger partial charge in [0.1, 0.15) is 19.3 Å². The highest BCUT2D eigenvalue weighted by molar-refractivity contribution is 7.47. The molecule has 0 saturated heterocycles. The van der Waals surface area contributed by atoms with Crippen LogP contribution in [0.5, 0.6) is 0 Å². The lowest BCUT2D eigenvalue weighted by atomic mass is 10.00. The Labute approximate surface area is 556 Å². The molecule has 0 spiro atoms. The summed E-state index contributed by atoms with van der Waals surface area (Å²) in [6.45, 7) is 14.1. The Kier molecular flexibility index (Phi) is 60.3. The molecular weight excluding hydrogens is 1200 g/mol. The summed E-state index contributed by atoms with van der Waals surface area (Å²) in [7, 11) is -9.91. The minimum absolute atomic E-state index is 0.105. The summed E-state index contributed by atoms with van der Waals surface area (Å²) in [6.07, 6.45) is 44.4. The Bertz CT molecular complexity index is 1800. The van der Waals surface area contributed by atoms with E-state index in [4.69, 9.17) is 37.0 Å². The van der Waals surface area contributed by atoms with Crippen LogP contribution in [0.15, 0.2) is 0 Å². The average molecular weight is 1340 g/mol. The van der Waals surface area contributed by atoms with Crippen molar-refractivity contribution in [2.45, 2.75) is 375 Å². The molecule has 19 heteroatoms. The van der Waals surface area contributed by atoms with Crippen molar-refractivity contribution in [2.75, 3.05) is 39.6 Å². The van der Waals surface area contributed by atoms with Crippen molar-refractivity contribution >= 4 is 39.5 Å². The van der Waals surface area contributed by atoms with E-state index in [9.17, 15) is 43.2 Å². The summed E-state index contributed by atoms with van der Waals surface area (Å²) < 4.78 is 68.4. The maximum atomic E-state index is 13.0. The highest BCUT2D eigenvalue weighted by Gasteiger charge is 2.30. The Morgan fingerprint density at radius 1 is 0.308 bits per heavy atom. The second-order valence-electron chi connectivity index (χ2n) is 27.6. The molecule has 6 atom stereocenters. The summed E-state index contributed by atoms with van der Waals surface area (Å²) in [5, 5.41) is 10.6. The number of aliphatic hydroxyl groups is 1. The van der Waals surface area contributed by atoms with Crippen molar-refractivity contribution in [2.24, 2.45) is 23.7 Å². The minimum atomic E-state index is -4.95. The monoisotopic (exact) mass is 1340 g/mol. The molecular formula is C72H140O17P2. The van der Waals surface area contributed by atoms with Crippen LogP contribution in [0, 0.1) is 23.7 Å². The van der Waals surface area contributed by atoms with E-state index in [1.165, 1.54) is 154 Å². The third-order valence-electron chi connectivity index (χ3n) is 16.9.